The molecular weight excluding hydrogens is 410 g/mol. The molecule has 0 saturated carbocycles. The third-order valence-electron chi connectivity index (χ3n) is 3.85. The van der Waals surface area contributed by atoms with Gasteiger partial charge in [-0.05, 0) is 23.7 Å². The van der Waals surface area contributed by atoms with E-state index in [1.165, 1.54) is 18.0 Å². The van der Waals surface area contributed by atoms with E-state index >= 15 is 0 Å². The van der Waals surface area contributed by atoms with Crippen molar-refractivity contribution >= 4 is 46.0 Å². The van der Waals surface area contributed by atoms with E-state index in [0.29, 0.717) is 22.9 Å². The number of rotatable bonds is 7. The monoisotopic (exact) mass is 427 g/mol. The Kier molecular flexibility index (Phi) is 6.04. The molecule has 28 heavy (non-hydrogen) atoms. The van der Waals surface area contributed by atoms with Crippen LogP contribution in [0.2, 0.25) is 0 Å². The summed E-state index contributed by atoms with van der Waals surface area (Å²) in [5.74, 6) is 0.913. The van der Waals surface area contributed by atoms with Gasteiger partial charge in [-0.15, -0.1) is 11.3 Å². The number of nitrogens with zero attached hydrogens (tertiary/aromatic N) is 5. The molecule has 0 bridgehead atoms. The molecule has 9 heteroatoms. The molecule has 3 aromatic heterocycles. The molecular formula is C19H17N5OS3. The highest BCUT2D eigenvalue weighted by Gasteiger charge is 2.16. The molecule has 142 valence electrons. The number of hydrogen-bond acceptors (Lipinski definition) is 8. The SMILES string of the molecule is CCCSc1nc(Sc2nccs2)c2ncc(=O)n(Cc3ccccc3)c2n1. The summed E-state index contributed by atoms with van der Waals surface area (Å²) in [5, 5.41) is 3.31. The van der Waals surface area contributed by atoms with Crippen LogP contribution in [0, 0.1) is 0 Å². The van der Waals surface area contributed by atoms with E-state index in [2.05, 4.69) is 21.9 Å². The summed E-state index contributed by atoms with van der Waals surface area (Å²) in [6, 6.07) is 9.88. The molecule has 0 radical (unpaired) electrons. The predicted molar refractivity (Wildman–Crippen MR) is 114 cm³/mol. The molecule has 0 atom stereocenters. The first-order valence-electron chi connectivity index (χ1n) is 8.76. The lowest BCUT2D eigenvalue weighted by Gasteiger charge is -2.12. The zero-order chi connectivity index (χ0) is 19.3. The highest BCUT2D eigenvalue weighted by Crippen LogP contribution is 2.33. The van der Waals surface area contributed by atoms with Crippen molar-refractivity contribution in [2.45, 2.75) is 34.4 Å². The van der Waals surface area contributed by atoms with Crippen molar-refractivity contribution in [1.29, 1.82) is 0 Å². The van der Waals surface area contributed by atoms with Crippen LogP contribution < -0.4 is 5.56 Å². The smallest absolute Gasteiger partial charge is 0.270 e. The van der Waals surface area contributed by atoms with Gasteiger partial charge in [0, 0.05) is 17.3 Å². The second-order valence-electron chi connectivity index (χ2n) is 5.90. The van der Waals surface area contributed by atoms with Gasteiger partial charge in [-0.25, -0.2) is 19.9 Å². The van der Waals surface area contributed by atoms with Crippen molar-refractivity contribution in [1.82, 2.24) is 24.5 Å². The summed E-state index contributed by atoms with van der Waals surface area (Å²) >= 11 is 4.59. The van der Waals surface area contributed by atoms with Gasteiger partial charge in [-0.3, -0.25) is 9.36 Å². The molecule has 4 aromatic rings. The summed E-state index contributed by atoms with van der Waals surface area (Å²) in [4.78, 5) is 30.7. The Bertz CT molecular complexity index is 1130. The fourth-order valence-electron chi connectivity index (χ4n) is 2.59. The van der Waals surface area contributed by atoms with Crippen molar-refractivity contribution in [3.05, 3.63) is 64.0 Å². The summed E-state index contributed by atoms with van der Waals surface area (Å²) in [6.45, 7) is 2.56. The van der Waals surface area contributed by atoms with Crippen molar-refractivity contribution in [2.24, 2.45) is 0 Å². The third kappa shape index (κ3) is 4.26. The van der Waals surface area contributed by atoms with Crippen LogP contribution in [-0.2, 0) is 6.54 Å². The lowest BCUT2D eigenvalue weighted by molar-refractivity contribution is 0.754. The van der Waals surface area contributed by atoms with Crippen LogP contribution in [0.5, 0.6) is 0 Å². The molecule has 1 aromatic carbocycles. The molecule has 0 spiro atoms. The highest BCUT2D eigenvalue weighted by atomic mass is 32.2. The summed E-state index contributed by atoms with van der Waals surface area (Å²) in [7, 11) is 0. The standard InChI is InChI=1S/C19H17N5OS3/c1-2-9-26-18-22-16-15(17(23-18)28-19-20-8-10-27-19)21-11-14(25)24(16)12-13-6-4-3-5-7-13/h3-8,10-11H,2,9,12H2,1H3. The maximum Gasteiger partial charge on any atom is 0.270 e. The second kappa shape index (κ2) is 8.85. The van der Waals surface area contributed by atoms with Crippen LogP contribution in [0.15, 0.2) is 67.4 Å². The van der Waals surface area contributed by atoms with Gasteiger partial charge in [-0.1, -0.05) is 49.0 Å². The highest BCUT2D eigenvalue weighted by molar-refractivity contribution is 8.01. The zero-order valence-corrected chi connectivity index (χ0v) is 17.6. The van der Waals surface area contributed by atoms with Crippen molar-refractivity contribution in [3.8, 4) is 0 Å². The number of hydrogen-bond donors (Lipinski definition) is 0. The summed E-state index contributed by atoms with van der Waals surface area (Å²) in [5.41, 5.74) is 2.04. The van der Waals surface area contributed by atoms with E-state index in [1.54, 1.807) is 33.9 Å². The lowest BCUT2D eigenvalue weighted by Crippen LogP contribution is -2.22. The minimum absolute atomic E-state index is 0.174. The molecule has 0 saturated heterocycles. The van der Waals surface area contributed by atoms with Gasteiger partial charge in [-0.2, -0.15) is 0 Å². The number of benzene rings is 1. The minimum Gasteiger partial charge on any atom is -0.285 e. The van der Waals surface area contributed by atoms with Crippen molar-refractivity contribution < 1.29 is 0 Å². The first kappa shape index (κ1) is 19.1. The molecule has 4 rings (SSSR count). The van der Waals surface area contributed by atoms with Crippen LogP contribution in [0.1, 0.15) is 18.9 Å². The number of thioether (sulfide) groups is 1. The molecule has 0 amide bonds. The Morgan fingerprint density at radius 1 is 1.14 bits per heavy atom. The van der Waals surface area contributed by atoms with Gasteiger partial charge >= 0.3 is 0 Å². The summed E-state index contributed by atoms with van der Waals surface area (Å²) in [6.07, 6.45) is 4.13. The number of aromatic nitrogens is 5. The van der Waals surface area contributed by atoms with Crippen molar-refractivity contribution in [3.63, 3.8) is 0 Å². The average Bonchev–Trinajstić information content (AvgIpc) is 3.22. The fourth-order valence-corrected chi connectivity index (χ4v) is 4.95. The predicted octanol–water partition coefficient (Wildman–Crippen LogP) is 4.34. The largest absolute Gasteiger partial charge is 0.285 e. The normalized spacial score (nSPS) is 11.2. The van der Waals surface area contributed by atoms with Gasteiger partial charge in [0.05, 0.1) is 12.7 Å². The van der Waals surface area contributed by atoms with E-state index < -0.39 is 0 Å². The Morgan fingerprint density at radius 3 is 2.75 bits per heavy atom. The molecule has 0 fully saturated rings. The Balaban J connectivity index is 1.86. The maximum absolute atomic E-state index is 12.6. The van der Waals surface area contributed by atoms with E-state index in [-0.39, 0.29) is 5.56 Å². The van der Waals surface area contributed by atoms with Gasteiger partial charge in [0.15, 0.2) is 15.1 Å². The van der Waals surface area contributed by atoms with E-state index in [9.17, 15) is 4.79 Å². The van der Waals surface area contributed by atoms with Gasteiger partial charge in [0.25, 0.3) is 5.56 Å². The molecule has 6 nitrogen and oxygen atoms in total. The average molecular weight is 428 g/mol. The Labute approximate surface area is 174 Å². The zero-order valence-electron chi connectivity index (χ0n) is 15.1. The van der Waals surface area contributed by atoms with Gasteiger partial charge in [0.2, 0.25) is 0 Å². The Morgan fingerprint density at radius 2 is 2.00 bits per heavy atom. The fraction of sp³-hybridized carbons (Fsp3) is 0.211. The van der Waals surface area contributed by atoms with Crippen LogP contribution in [0.4, 0.5) is 0 Å². The quantitative estimate of drug-likeness (QED) is 0.247. The van der Waals surface area contributed by atoms with E-state index in [4.69, 9.17) is 4.98 Å². The van der Waals surface area contributed by atoms with Crippen LogP contribution in [0.3, 0.4) is 0 Å². The van der Waals surface area contributed by atoms with Gasteiger partial charge in [0.1, 0.15) is 10.5 Å². The lowest BCUT2D eigenvalue weighted by atomic mass is 10.2. The van der Waals surface area contributed by atoms with E-state index in [0.717, 1.165) is 27.1 Å². The first-order chi connectivity index (χ1) is 13.7. The second-order valence-corrected chi connectivity index (χ2v) is 9.09. The Hall–Kier alpha value is -2.23. The molecule has 0 aliphatic carbocycles. The molecule has 0 N–H and O–H groups in total. The van der Waals surface area contributed by atoms with Gasteiger partial charge < -0.3 is 0 Å². The van der Waals surface area contributed by atoms with Crippen LogP contribution in [0.25, 0.3) is 11.2 Å². The number of thiazole rings is 1. The van der Waals surface area contributed by atoms with Crippen LogP contribution >= 0.6 is 34.9 Å². The molecule has 3 heterocycles. The topological polar surface area (TPSA) is 73.6 Å². The van der Waals surface area contributed by atoms with Crippen LogP contribution in [-0.4, -0.2) is 30.3 Å². The molecule has 0 aliphatic heterocycles. The number of fused-ring (bicyclic) bond motifs is 1. The molecule has 0 aliphatic rings. The van der Waals surface area contributed by atoms with Crippen molar-refractivity contribution in [2.75, 3.05) is 5.75 Å². The summed E-state index contributed by atoms with van der Waals surface area (Å²) < 4.78 is 2.55. The first-order valence-corrected chi connectivity index (χ1v) is 11.4. The minimum atomic E-state index is -0.174. The molecule has 0 unspecified atom stereocenters. The third-order valence-corrected chi connectivity index (χ3v) is 6.77. The maximum atomic E-state index is 12.6. The van der Waals surface area contributed by atoms with E-state index in [1.807, 2.05) is 35.7 Å².